The standard InChI is InChI=1S/C20H20FN3O5/c1-4-15(28-14-8-6-13(21)7-9-14)20(25)22-19-18(23-29-24-19)12-5-10-16(26-2)17(11-12)27-3/h5-11,15H,4H2,1-3H3,(H,22,24,25)/t15-/m1/s1. The van der Waals surface area contributed by atoms with Gasteiger partial charge in [-0.05, 0) is 59.2 Å². The van der Waals surface area contributed by atoms with Crippen LogP contribution in [0.4, 0.5) is 10.2 Å². The van der Waals surface area contributed by atoms with Gasteiger partial charge < -0.3 is 19.5 Å². The maximum absolute atomic E-state index is 13.0. The van der Waals surface area contributed by atoms with Gasteiger partial charge in [0.15, 0.2) is 23.3 Å². The topological polar surface area (TPSA) is 95.7 Å². The molecule has 0 radical (unpaired) electrons. The minimum Gasteiger partial charge on any atom is -0.493 e. The Hall–Kier alpha value is -3.62. The second-order valence-corrected chi connectivity index (χ2v) is 5.99. The smallest absolute Gasteiger partial charge is 0.266 e. The number of nitrogens with zero attached hydrogens (tertiary/aromatic N) is 2. The Morgan fingerprint density at radius 1 is 1.10 bits per heavy atom. The van der Waals surface area contributed by atoms with E-state index < -0.39 is 12.0 Å². The molecule has 0 aliphatic rings. The van der Waals surface area contributed by atoms with Crippen LogP contribution in [0.2, 0.25) is 0 Å². The van der Waals surface area contributed by atoms with Crippen LogP contribution in [0.5, 0.6) is 17.2 Å². The zero-order chi connectivity index (χ0) is 20.8. The van der Waals surface area contributed by atoms with Gasteiger partial charge in [0, 0.05) is 5.56 Å². The van der Waals surface area contributed by atoms with Crippen molar-refractivity contribution in [3.05, 3.63) is 48.3 Å². The molecule has 1 aromatic heterocycles. The minimum absolute atomic E-state index is 0.142. The summed E-state index contributed by atoms with van der Waals surface area (Å²) in [4.78, 5) is 12.7. The lowest BCUT2D eigenvalue weighted by Crippen LogP contribution is -2.32. The Morgan fingerprint density at radius 3 is 2.48 bits per heavy atom. The van der Waals surface area contributed by atoms with Crippen molar-refractivity contribution in [1.29, 1.82) is 0 Å². The lowest BCUT2D eigenvalue weighted by molar-refractivity contribution is -0.122. The molecule has 9 heteroatoms. The molecule has 0 saturated carbocycles. The van der Waals surface area contributed by atoms with Gasteiger partial charge in [0.05, 0.1) is 14.2 Å². The summed E-state index contributed by atoms with van der Waals surface area (Å²) in [5.74, 6) is 0.751. The van der Waals surface area contributed by atoms with E-state index in [0.29, 0.717) is 34.9 Å². The number of aromatic nitrogens is 2. The lowest BCUT2D eigenvalue weighted by Gasteiger charge is -2.16. The number of halogens is 1. The Kier molecular flexibility index (Phi) is 6.28. The molecule has 3 rings (SSSR count). The number of hydrogen-bond donors (Lipinski definition) is 1. The molecule has 0 fully saturated rings. The molecule has 3 aromatic rings. The molecular weight excluding hydrogens is 381 g/mol. The Bertz CT molecular complexity index is 975. The van der Waals surface area contributed by atoms with Crippen LogP contribution in [-0.2, 0) is 4.79 Å². The summed E-state index contributed by atoms with van der Waals surface area (Å²) in [5.41, 5.74) is 0.947. The third-order valence-corrected chi connectivity index (χ3v) is 4.14. The van der Waals surface area contributed by atoms with Crippen LogP contribution < -0.4 is 19.5 Å². The Morgan fingerprint density at radius 2 is 1.83 bits per heavy atom. The van der Waals surface area contributed by atoms with Crippen molar-refractivity contribution < 1.29 is 28.0 Å². The van der Waals surface area contributed by atoms with Gasteiger partial charge in [0.25, 0.3) is 5.91 Å². The number of nitrogens with one attached hydrogen (secondary N) is 1. The first kappa shape index (κ1) is 20.1. The maximum Gasteiger partial charge on any atom is 0.266 e. The normalized spacial score (nSPS) is 11.6. The van der Waals surface area contributed by atoms with Crippen LogP contribution in [0.1, 0.15) is 13.3 Å². The fourth-order valence-corrected chi connectivity index (χ4v) is 2.64. The zero-order valence-corrected chi connectivity index (χ0v) is 16.1. The Labute approximate surface area is 166 Å². The van der Waals surface area contributed by atoms with Gasteiger partial charge >= 0.3 is 0 Å². The summed E-state index contributed by atoms with van der Waals surface area (Å²) in [6.07, 6.45) is -0.421. The number of carbonyl (C=O) groups is 1. The van der Waals surface area contributed by atoms with Gasteiger partial charge in [-0.15, -0.1) is 0 Å². The number of rotatable bonds is 8. The molecule has 0 aliphatic heterocycles. The third kappa shape index (κ3) is 4.63. The fraction of sp³-hybridized carbons (Fsp3) is 0.250. The molecule has 0 bridgehead atoms. The molecule has 0 spiro atoms. The van der Waals surface area contributed by atoms with Crippen molar-refractivity contribution in [2.45, 2.75) is 19.4 Å². The van der Waals surface area contributed by atoms with E-state index in [1.807, 2.05) is 0 Å². The van der Waals surface area contributed by atoms with E-state index in [0.717, 1.165) is 0 Å². The van der Waals surface area contributed by atoms with Gasteiger partial charge in [0.2, 0.25) is 5.82 Å². The van der Waals surface area contributed by atoms with Crippen LogP contribution in [0, 0.1) is 5.82 Å². The van der Waals surface area contributed by atoms with Crippen molar-refractivity contribution in [2.24, 2.45) is 0 Å². The summed E-state index contributed by atoms with van der Waals surface area (Å²) in [5, 5.41) is 10.3. The second-order valence-electron chi connectivity index (χ2n) is 5.99. The monoisotopic (exact) mass is 401 g/mol. The van der Waals surface area contributed by atoms with Gasteiger partial charge in [-0.3, -0.25) is 4.79 Å². The zero-order valence-electron chi connectivity index (χ0n) is 16.1. The molecule has 0 aliphatic carbocycles. The number of hydrogen-bond acceptors (Lipinski definition) is 7. The van der Waals surface area contributed by atoms with E-state index in [1.165, 1.54) is 38.5 Å². The molecule has 0 saturated heterocycles. The highest BCUT2D eigenvalue weighted by molar-refractivity contribution is 5.96. The summed E-state index contributed by atoms with van der Waals surface area (Å²) in [7, 11) is 3.05. The van der Waals surface area contributed by atoms with Gasteiger partial charge in [-0.25, -0.2) is 9.02 Å². The van der Waals surface area contributed by atoms with E-state index in [9.17, 15) is 9.18 Å². The number of methoxy groups -OCH3 is 2. The summed E-state index contributed by atoms with van der Waals surface area (Å²) in [6, 6.07) is 10.6. The molecule has 152 valence electrons. The average molecular weight is 401 g/mol. The number of benzene rings is 2. The first-order valence-corrected chi connectivity index (χ1v) is 8.83. The van der Waals surface area contributed by atoms with Crippen molar-refractivity contribution >= 4 is 11.7 Å². The van der Waals surface area contributed by atoms with E-state index >= 15 is 0 Å². The summed E-state index contributed by atoms with van der Waals surface area (Å²) >= 11 is 0. The summed E-state index contributed by atoms with van der Waals surface area (Å²) < 4.78 is 34.0. The Balaban J connectivity index is 1.78. The predicted molar refractivity (Wildman–Crippen MR) is 103 cm³/mol. The largest absolute Gasteiger partial charge is 0.493 e. The van der Waals surface area contributed by atoms with Gasteiger partial charge in [-0.1, -0.05) is 6.92 Å². The van der Waals surface area contributed by atoms with E-state index in [4.69, 9.17) is 18.8 Å². The van der Waals surface area contributed by atoms with Crippen molar-refractivity contribution in [2.75, 3.05) is 19.5 Å². The number of amides is 1. The quantitative estimate of drug-likeness (QED) is 0.615. The van der Waals surface area contributed by atoms with E-state index in [1.54, 1.807) is 25.1 Å². The molecule has 1 heterocycles. The van der Waals surface area contributed by atoms with Crippen LogP contribution in [0.3, 0.4) is 0 Å². The van der Waals surface area contributed by atoms with Crippen LogP contribution in [-0.4, -0.2) is 36.5 Å². The highest BCUT2D eigenvalue weighted by Crippen LogP contribution is 2.34. The maximum atomic E-state index is 13.0. The predicted octanol–water partition coefficient (Wildman–Crippen LogP) is 3.69. The minimum atomic E-state index is -0.810. The summed E-state index contributed by atoms with van der Waals surface area (Å²) in [6.45, 7) is 1.80. The fourth-order valence-electron chi connectivity index (χ4n) is 2.64. The van der Waals surface area contributed by atoms with Crippen molar-refractivity contribution in [3.8, 4) is 28.5 Å². The molecule has 1 N–H and O–H groups in total. The van der Waals surface area contributed by atoms with E-state index in [-0.39, 0.29) is 11.6 Å². The number of anilines is 1. The van der Waals surface area contributed by atoms with Crippen molar-refractivity contribution in [3.63, 3.8) is 0 Å². The second kappa shape index (κ2) is 9.05. The number of carbonyl (C=O) groups excluding carboxylic acids is 1. The first-order chi connectivity index (χ1) is 14.0. The molecule has 2 aromatic carbocycles. The SMILES string of the molecule is CC[C@@H](Oc1ccc(F)cc1)C(=O)Nc1nonc1-c1ccc(OC)c(OC)c1. The van der Waals surface area contributed by atoms with Crippen LogP contribution in [0.25, 0.3) is 11.3 Å². The number of ether oxygens (including phenoxy) is 3. The van der Waals surface area contributed by atoms with E-state index in [2.05, 4.69) is 15.6 Å². The molecule has 8 nitrogen and oxygen atoms in total. The van der Waals surface area contributed by atoms with Crippen LogP contribution >= 0.6 is 0 Å². The molecule has 29 heavy (non-hydrogen) atoms. The third-order valence-electron chi connectivity index (χ3n) is 4.14. The first-order valence-electron chi connectivity index (χ1n) is 8.83. The van der Waals surface area contributed by atoms with Gasteiger partial charge in [0.1, 0.15) is 11.6 Å². The molecule has 1 atom stereocenters. The highest BCUT2D eigenvalue weighted by atomic mass is 19.1. The molecule has 1 amide bonds. The average Bonchev–Trinajstić information content (AvgIpc) is 3.20. The highest BCUT2D eigenvalue weighted by Gasteiger charge is 2.23. The lowest BCUT2D eigenvalue weighted by atomic mass is 10.1. The van der Waals surface area contributed by atoms with Gasteiger partial charge in [-0.2, -0.15) is 0 Å². The van der Waals surface area contributed by atoms with Crippen LogP contribution in [0.15, 0.2) is 47.1 Å². The molecule has 0 unspecified atom stereocenters. The van der Waals surface area contributed by atoms with Crippen molar-refractivity contribution in [1.82, 2.24) is 10.3 Å². The molecular formula is C20H20FN3O5.